The summed E-state index contributed by atoms with van der Waals surface area (Å²) in [4.78, 5) is 22.1. The predicted molar refractivity (Wildman–Crippen MR) is 82.7 cm³/mol. The molecule has 1 aromatic carbocycles. The number of nitrogens with zero attached hydrogens (tertiary/aromatic N) is 3. The third kappa shape index (κ3) is 3.39. The topological polar surface area (TPSA) is 46.1 Å². The molecule has 0 aliphatic carbocycles. The quantitative estimate of drug-likeness (QED) is 0.874. The molecule has 1 saturated heterocycles. The maximum Gasteiger partial charge on any atom is 0.136 e. The Labute approximate surface area is 128 Å². The van der Waals surface area contributed by atoms with Gasteiger partial charge in [0.05, 0.1) is 0 Å². The number of carbonyl (C=O) groups excluding carboxylic acids is 1. The zero-order valence-electron chi connectivity index (χ0n) is 11.6. The SMILES string of the molecule is O=C1CCN(c2ncncc2Cc2ccc(Cl)cc2)CC1. The van der Waals surface area contributed by atoms with E-state index in [2.05, 4.69) is 14.9 Å². The maximum atomic E-state index is 11.4. The molecule has 0 N–H and O–H groups in total. The molecule has 3 rings (SSSR count). The number of aromatic nitrogens is 2. The molecule has 0 spiro atoms. The van der Waals surface area contributed by atoms with Gasteiger partial charge < -0.3 is 4.90 Å². The third-order valence-corrected chi connectivity index (χ3v) is 3.94. The average Bonchev–Trinajstić information content (AvgIpc) is 2.51. The summed E-state index contributed by atoms with van der Waals surface area (Å²) in [6.07, 6.45) is 5.39. The Kier molecular flexibility index (Phi) is 4.15. The van der Waals surface area contributed by atoms with E-state index in [4.69, 9.17) is 11.6 Å². The fourth-order valence-electron chi connectivity index (χ4n) is 2.55. The van der Waals surface area contributed by atoms with Crippen LogP contribution >= 0.6 is 11.6 Å². The Morgan fingerprint density at radius 2 is 1.86 bits per heavy atom. The van der Waals surface area contributed by atoms with E-state index in [1.807, 2.05) is 30.5 Å². The molecule has 1 aliphatic rings. The number of carbonyl (C=O) groups is 1. The monoisotopic (exact) mass is 301 g/mol. The van der Waals surface area contributed by atoms with Crippen LogP contribution in [0.25, 0.3) is 0 Å². The summed E-state index contributed by atoms with van der Waals surface area (Å²) in [5.74, 6) is 1.27. The molecule has 2 heterocycles. The highest BCUT2D eigenvalue weighted by atomic mass is 35.5. The Hall–Kier alpha value is -1.94. The number of ketones is 1. The van der Waals surface area contributed by atoms with Crippen molar-refractivity contribution < 1.29 is 4.79 Å². The first-order valence-corrected chi connectivity index (χ1v) is 7.40. The molecular weight excluding hydrogens is 286 g/mol. The first kappa shape index (κ1) is 14.0. The molecular formula is C16H16ClN3O. The summed E-state index contributed by atoms with van der Waals surface area (Å²) in [5.41, 5.74) is 2.25. The van der Waals surface area contributed by atoms with Gasteiger partial charge in [-0.15, -0.1) is 0 Å². The van der Waals surface area contributed by atoms with E-state index in [-0.39, 0.29) is 0 Å². The minimum atomic E-state index is 0.333. The number of rotatable bonds is 3. The normalized spacial score (nSPS) is 15.3. The zero-order valence-corrected chi connectivity index (χ0v) is 12.4. The van der Waals surface area contributed by atoms with Crippen LogP contribution in [-0.2, 0) is 11.2 Å². The van der Waals surface area contributed by atoms with Crippen molar-refractivity contribution in [1.82, 2.24) is 9.97 Å². The van der Waals surface area contributed by atoms with E-state index in [1.165, 1.54) is 5.56 Å². The zero-order chi connectivity index (χ0) is 14.7. The van der Waals surface area contributed by atoms with Crippen LogP contribution in [0.2, 0.25) is 5.02 Å². The van der Waals surface area contributed by atoms with Crippen LogP contribution in [0.5, 0.6) is 0 Å². The molecule has 2 aromatic rings. The third-order valence-electron chi connectivity index (χ3n) is 3.69. The lowest BCUT2D eigenvalue weighted by Crippen LogP contribution is -2.35. The highest BCUT2D eigenvalue weighted by molar-refractivity contribution is 6.30. The summed E-state index contributed by atoms with van der Waals surface area (Å²) in [7, 11) is 0. The van der Waals surface area contributed by atoms with Crippen LogP contribution in [0.4, 0.5) is 5.82 Å². The van der Waals surface area contributed by atoms with Gasteiger partial charge in [-0.05, 0) is 17.7 Å². The summed E-state index contributed by atoms with van der Waals surface area (Å²) in [6, 6.07) is 7.80. The van der Waals surface area contributed by atoms with Crippen molar-refractivity contribution in [3.05, 3.63) is 52.9 Å². The molecule has 1 fully saturated rings. The summed E-state index contributed by atoms with van der Waals surface area (Å²) >= 11 is 5.92. The van der Waals surface area contributed by atoms with E-state index >= 15 is 0 Å². The van der Waals surface area contributed by atoms with Crippen molar-refractivity contribution >= 4 is 23.2 Å². The van der Waals surface area contributed by atoms with Crippen LogP contribution < -0.4 is 4.90 Å². The van der Waals surface area contributed by atoms with E-state index in [1.54, 1.807) is 6.33 Å². The van der Waals surface area contributed by atoms with Gasteiger partial charge in [-0.2, -0.15) is 0 Å². The van der Waals surface area contributed by atoms with Crippen LogP contribution in [0.15, 0.2) is 36.8 Å². The van der Waals surface area contributed by atoms with Crippen molar-refractivity contribution in [2.45, 2.75) is 19.3 Å². The number of halogens is 1. The van der Waals surface area contributed by atoms with E-state index in [0.29, 0.717) is 18.6 Å². The lowest BCUT2D eigenvalue weighted by atomic mass is 10.0. The Balaban J connectivity index is 1.82. The van der Waals surface area contributed by atoms with Crippen LogP contribution in [0.1, 0.15) is 24.0 Å². The molecule has 1 aromatic heterocycles. The van der Waals surface area contributed by atoms with Gasteiger partial charge in [0, 0.05) is 49.1 Å². The molecule has 0 bridgehead atoms. The van der Waals surface area contributed by atoms with E-state index < -0.39 is 0 Å². The second kappa shape index (κ2) is 6.22. The van der Waals surface area contributed by atoms with Crippen molar-refractivity contribution in [2.75, 3.05) is 18.0 Å². The van der Waals surface area contributed by atoms with Crippen molar-refractivity contribution in [1.29, 1.82) is 0 Å². The van der Waals surface area contributed by atoms with Crippen molar-refractivity contribution in [2.24, 2.45) is 0 Å². The van der Waals surface area contributed by atoms with Gasteiger partial charge in [-0.25, -0.2) is 9.97 Å². The van der Waals surface area contributed by atoms with Crippen molar-refractivity contribution in [3.8, 4) is 0 Å². The highest BCUT2D eigenvalue weighted by Gasteiger charge is 2.19. The number of piperidine rings is 1. The summed E-state index contributed by atoms with van der Waals surface area (Å²) < 4.78 is 0. The summed E-state index contributed by atoms with van der Waals surface area (Å²) in [6.45, 7) is 1.48. The first-order valence-electron chi connectivity index (χ1n) is 7.02. The Bertz CT molecular complexity index is 632. The number of hydrogen-bond donors (Lipinski definition) is 0. The Morgan fingerprint density at radius 3 is 2.57 bits per heavy atom. The predicted octanol–water partition coefficient (Wildman–Crippen LogP) is 2.89. The fourth-order valence-corrected chi connectivity index (χ4v) is 2.68. The molecule has 0 amide bonds. The Morgan fingerprint density at radius 1 is 1.14 bits per heavy atom. The molecule has 21 heavy (non-hydrogen) atoms. The maximum absolute atomic E-state index is 11.4. The molecule has 1 aliphatic heterocycles. The molecule has 0 saturated carbocycles. The standard InChI is InChI=1S/C16H16ClN3O/c17-14-3-1-12(2-4-14)9-13-10-18-11-19-16(13)20-7-5-15(21)6-8-20/h1-4,10-11H,5-9H2. The van der Waals surface area contributed by atoms with Gasteiger partial charge in [-0.1, -0.05) is 23.7 Å². The number of anilines is 1. The molecule has 4 nitrogen and oxygen atoms in total. The lowest BCUT2D eigenvalue weighted by Gasteiger charge is -2.28. The van der Waals surface area contributed by atoms with Gasteiger partial charge in [0.2, 0.25) is 0 Å². The highest BCUT2D eigenvalue weighted by Crippen LogP contribution is 2.23. The summed E-state index contributed by atoms with van der Waals surface area (Å²) in [5, 5.41) is 0.734. The molecule has 0 radical (unpaired) electrons. The molecule has 0 atom stereocenters. The van der Waals surface area contributed by atoms with Gasteiger partial charge in [0.25, 0.3) is 0 Å². The minimum absolute atomic E-state index is 0.333. The fraction of sp³-hybridized carbons (Fsp3) is 0.312. The largest absolute Gasteiger partial charge is 0.355 e. The molecule has 108 valence electrons. The number of Topliss-reactive ketones (excluding diaryl/α,β-unsaturated/α-hetero) is 1. The number of benzene rings is 1. The first-order chi connectivity index (χ1) is 10.2. The van der Waals surface area contributed by atoms with E-state index in [0.717, 1.165) is 35.9 Å². The molecule has 5 heteroatoms. The van der Waals surface area contributed by atoms with Gasteiger partial charge in [0.1, 0.15) is 17.9 Å². The number of hydrogen-bond acceptors (Lipinski definition) is 4. The van der Waals surface area contributed by atoms with Gasteiger partial charge in [-0.3, -0.25) is 4.79 Å². The second-order valence-electron chi connectivity index (χ2n) is 5.20. The van der Waals surface area contributed by atoms with Gasteiger partial charge >= 0.3 is 0 Å². The van der Waals surface area contributed by atoms with Gasteiger partial charge in [0.15, 0.2) is 0 Å². The minimum Gasteiger partial charge on any atom is -0.355 e. The lowest BCUT2D eigenvalue weighted by molar-refractivity contribution is -0.119. The average molecular weight is 302 g/mol. The van der Waals surface area contributed by atoms with Crippen LogP contribution in [0.3, 0.4) is 0 Å². The van der Waals surface area contributed by atoms with Crippen LogP contribution in [0, 0.1) is 0 Å². The van der Waals surface area contributed by atoms with Crippen molar-refractivity contribution in [3.63, 3.8) is 0 Å². The smallest absolute Gasteiger partial charge is 0.136 e. The second-order valence-corrected chi connectivity index (χ2v) is 5.64. The van der Waals surface area contributed by atoms with Crippen LogP contribution in [-0.4, -0.2) is 28.8 Å². The van der Waals surface area contributed by atoms with E-state index in [9.17, 15) is 4.79 Å². The molecule has 0 unspecified atom stereocenters.